The number of aromatic nitrogens is 2. The maximum absolute atomic E-state index is 14.3. The maximum Gasteiger partial charge on any atom is 0.407 e. The van der Waals surface area contributed by atoms with Gasteiger partial charge in [-0.15, -0.1) is 11.3 Å². The highest BCUT2D eigenvalue weighted by Crippen LogP contribution is 2.39. The van der Waals surface area contributed by atoms with E-state index in [9.17, 15) is 19.5 Å². The van der Waals surface area contributed by atoms with E-state index in [4.69, 9.17) is 21.0 Å². The molecule has 1 saturated heterocycles. The first kappa shape index (κ1) is 43.6. The maximum atomic E-state index is 14.3. The molecule has 3 aromatic carbocycles. The number of likely N-dealkylation sites (tertiary alicyclic amines) is 1. The Morgan fingerprint density at radius 1 is 0.900 bits per heavy atom. The number of carbonyl (C=O) groups excluding carboxylic acids is 2. The summed E-state index contributed by atoms with van der Waals surface area (Å²) in [5.41, 5.74) is 1.09. The number of rotatable bonds is 10. The molecule has 0 spiro atoms. The highest BCUT2D eigenvalue weighted by atomic mass is 35.5. The molecule has 0 saturated carbocycles. The largest absolute Gasteiger partial charge is 0.465 e. The molecule has 5 aromatic rings. The number of hydrogen-bond acceptors (Lipinski definition) is 7. The van der Waals surface area contributed by atoms with Crippen molar-refractivity contribution in [1.82, 2.24) is 30.4 Å². The number of piperidine rings is 1. The van der Waals surface area contributed by atoms with Gasteiger partial charge >= 0.3 is 6.09 Å². The minimum absolute atomic E-state index is 0.153. The van der Waals surface area contributed by atoms with Gasteiger partial charge in [-0.05, 0) is 65.4 Å². The Balaban J connectivity index is 1.11. The fourth-order valence-electron chi connectivity index (χ4n) is 9.21. The minimum atomic E-state index is -2.77. The molecule has 11 nitrogen and oxygen atoms in total. The number of fused-ring (bicyclic) bond motifs is 2. The van der Waals surface area contributed by atoms with Crippen LogP contribution in [0, 0.1) is 5.41 Å². The topological polar surface area (TPSA) is 140 Å². The summed E-state index contributed by atoms with van der Waals surface area (Å²) >= 11 is 7.58. The van der Waals surface area contributed by atoms with Crippen molar-refractivity contribution in [3.8, 4) is 0 Å². The van der Waals surface area contributed by atoms with Crippen LogP contribution in [0.25, 0.3) is 10.9 Å². The molecule has 1 fully saturated rings. The van der Waals surface area contributed by atoms with E-state index in [0.29, 0.717) is 41.7 Å². The zero-order chi connectivity index (χ0) is 43.2. The van der Waals surface area contributed by atoms with Crippen LogP contribution in [-0.4, -0.2) is 94.5 Å². The first-order chi connectivity index (χ1) is 28.3. The Bertz CT molecular complexity index is 2320. The fraction of sp³-hybridized carbons (Fsp3) is 0.435. The smallest absolute Gasteiger partial charge is 0.407 e. The average molecular weight is 870 g/mol. The van der Waals surface area contributed by atoms with Gasteiger partial charge in [0, 0.05) is 52.4 Å². The molecule has 2 aliphatic rings. The number of hydrogen-bond donors (Lipinski definition) is 4. The van der Waals surface area contributed by atoms with Gasteiger partial charge in [-0.2, -0.15) is 0 Å². The van der Waals surface area contributed by atoms with Gasteiger partial charge in [-0.3, -0.25) is 14.5 Å². The lowest BCUT2D eigenvalue weighted by atomic mass is 9.75. The highest BCUT2D eigenvalue weighted by molar-refractivity contribution is 7.13. The van der Waals surface area contributed by atoms with Crippen LogP contribution < -0.4 is 21.0 Å². The number of aromatic amines is 1. The van der Waals surface area contributed by atoms with Gasteiger partial charge in [0.25, 0.3) is 20.1 Å². The molecule has 4 heterocycles. The summed E-state index contributed by atoms with van der Waals surface area (Å²) in [5.74, 6) is -0.740. The van der Waals surface area contributed by atoms with Crippen LogP contribution in [0.3, 0.4) is 0 Å². The Morgan fingerprint density at radius 2 is 1.55 bits per heavy atom. The summed E-state index contributed by atoms with van der Waals surface area (Å²) < 4.78 is 7.39. The molecule has 0 aliphatic carbocycles. The van der Waals surface area contributed by atoms with Gasteiger partial charge in [0.1, 0.15) is 5.69 Å². The third-order valence-electron chi connectivity index (χ3n) is 12.2. The van der Waals surface area contributed by atoms with Crippen LogP contribution in [-0.2, 0) is 17.4 Å². The Hall–Kier alpha value is -4.53. The van der Waals surface area contributed by atoms with Gasteiger partial charge in [0.15, 0.2) is 5.01 Å². The summed E-state index contributed by atoms with van der Waals surface area (Å²) in [6, 6.07) is 26.5. The number of nitrogens with one attached hydrogen (secondary N) is 3. The van der Waals surface area contributed by atoms with Gasteiger partial charge < -0.3 is 30.0 Å². The molecule has 0 bridgehead atoms. The molecule has 1 unspecified atom stereocenters. The summed E-state index contributed by atoms with van der Waals surface area (Å²) in [6.07, 6.45) is -0.0784. The number of benzene rings is 3. The summed E-state index contributed by atoms with van der Waals surface area (Å²) in [5, 5.41) is 20.6. The Morgan fingerprint density at radius 3 is 2.15 bits per heavy atom. The van der Waals surface area contributed by atoms with Gasteiger partial charge in [-0.25, -0.2) is 9.78 Å². The van der Waals surface area contributed by atoms with Crippen molar-refractivity contribution < 1.29 is 23.9 Å². The van der Waals surface area contributed by atoms with E-state index >= 15 is 0 Å². The van der Waals surface area contributed by atoms with E-state index < -0.39 is 38.0 Å². The molecule has 3 atom stereocenters. The van der Waals surface area contributed by atoms with Crippen molar-refractivity contribution in [2.75, 3.05) is 19.7 Å². The molecule has 60 heavy (non-hydrogen) atoms. The van der Waals surface area contributed by atoms with Crippen molar-refractivity contribution >= 4 is 70.4 Å². The highest BCUT2D eigenvalue weighted by Gasteiger charge is 2.52. The number of thiazole rings is 1. The number of halogens is 1. The number of amides is 3. The summed E-state index contributed by atoms with van der Waals surface area (Å²) in [4.78, 5) is 53.5. The van der Waals surface area contributed by atoms with Crippen molar-refractivity contribution in [3.63, 3.8) is 0 Å². The van der Waals surface area contributed by atoms with E-state index in [1.807, 2.05) is 26.8 Å². The SMILES string of the molecule is CC(C)(C)C1[C@H](NC(=O)c2nc3c(s2)CN(C(C)(C)CO[Si](c2ccccc2)(c2ccccc2)C(C)(C)C)CC3)[C@@H](NC(=O)c2cc3cc(Cl)ccc3[nH]2)CCN1C(=O)O. The predicted octanol–water partition coefficient (Wildman–Crippen LogP) is 7.69. The summed E-state index contributed by atoms with van der Waals surface area (Å²) in [7, 11) is -2.77. The molecule has 0 radical (unpaired) electrons. The zero-order valence-electron chi connectivity index (χ0n) is 35.8. The van der Waals surface area contributed by atoms with Crippen LogP contribution in [0.1, 0.15) is 92.7 Å². The van der Waals surface area contributed by atoms with E-state index in [2.05, 4.69) is 116 Å². The molecular weight excluding hydrogens is 812 g/mol. The summed E-state index contributed by atoms with van der Waals surface area (Å²) in [6.45, 7) is 19.3. The molecule has 2 aromatic heterocycles. The standard InChI is InChI=1S/C46H57ClN6O5SSi/c1-44(2,3)39-38(35(22-24-53(39)43(56)57)49-40(54)36-26-29-25-30(47)19-20-33(29)48-36)51-41(55)42-50-34-21-23-52(27-37(34)59-42)46(7,8)28-58-60(45(4,5)6,31-15-11-9-12-16-31)32-17-13-10-14-18-32/h9-20,25-26,35,38-39,48H,21-24,27-28H2,1-8H3,(H,49,54)(H,51,55)(H,56,57)/t35-,38+,39?/m0/s1. The monoisotopic (exact) mass is 868 g/mol. The fourth-order valence-corrected chi connectivity index (χ4v) is 15.1. The number of carboxylic acid groups (broad SMARTS) is 1. The number of carbonyl (C=O) groups is 3. The van der Waals surface area contributed by atoms with Gasteiger partial charge in [0.2, 0.25) is 0 Å². The third-order valence-corrected chi connectivity index (χ3v) is 18.5. The van der Waals surface area contributed by atoms with Crippen LogP contribution in [0.4, 0.5) is 4.79 Å². The second-order valence-electron chi connectivity index (χ2n) is 18.9. The second-order valence-corrected chi connectivity index (χ2v) is 24.7. The molecule has 3 amide bonds. The quantitative estimate of drug-likeness (QED) is 0.106. The van der Waals surface area contributed by atoms with E-state index in [1.165, 1.54) is 26.6 Å². The van der Waals surface area contributed by atoms with Crippen LogP contribution in [0.15, 0.2) is 84.9 Å². The van der Waals surface area contributed by atoms with Crippen molar-refractivity contribution in [2.24, 2.45) is 5.41 Å². The van der Waals surface area contributed by atoms with E-state index in [-0.39, 0.29) is 28.9 Å². The number of nitrogens with zero attached hydrogens (tertiary/aromatic N) is 3. The second kappa shape index (κ2) is 16.7. The molecule has 2 aliphatic heterocycles. The van der Waals surface area contributed by atoms with E-state index in [0.717, 1.165) is 28.0 Å². The molecule has 4 N–H and O–H groups in total. The predicted molar refractivity (Wildman–Crippen MR) is 242 cm³/mol. The van der Waals surface area contributed by atoms with E-state index in [1.54, 1.807) is 18.2 Å². The number of H-pyrrole nitrogens is 1. The normalized spacial score (nSPS) is 19.2. The van der Waals surface area contributed by atoms with Crippen LogP contribution >= 0.6 is 22.9 Å². The zero-order valence-corrected chi connectivity index (χ0v) is 38.3. The van der Waals surface area contributed by atoms with Crippen molar-refractivity contribution in [3.05, 3.63) is 111 Å². The molecular formula is C46H57ClN6O5SSi. The van der Waals surface area contributed by atoms with Gasteiger partial charge in [-0.1, -0.05) is 114 Å². The molecule has 318 valence electrons. The first-order valence-electron chi connectivity index (χ1n) is 20.7. The van der Waals surface area contributed by atoms with Crippen LogP contribution in [0.2, 0.25) is 10.1 Å². The Labute approximate surface area is 363 Å². The van der Waals surface area contributed by atoms with Crippen molar-refractivity contribution in [2.45, 2.75) is 103 Å². The van der Waals surface area contributed by atoms with Crippen LogP contribution in [0.5, 0.6) is 0 Å². The lowest BCUT2D eigenvalue weighted by Gasteiger charge is -2.50. The lowest BCUT2D eigenvalue weighted by molar-refractivity contribution is 0.0226. The van der Waals surface area contributed by atoms with Crippen molar-refractivity contribution in [1.29, 1.82) is 0 Å². The first-order valence-corrected chi connectivity index (χ1v) is 23.8. The Kier molecular flexibility index (Phi) is 12.1. The lowest BCUT2D eigenvalue weighted by Crippen LogP contribution is -2.69. The minimum Gasteiger partial charge on any atom is -0.465 e. The third kappa shape index (κ3) is 8.65. The average Bonchev–Trinajstić information content (AvgIpc) is 3.83. The molecule has 14 heteroatoms. The molecule has 7 rings (SSSR count). The van der Waals surface area contributed by atoms with Gasteiger partial charge in [0.05, 0.1) is 30.4 Å².